The van der Waals surface area contributed by atoms with E-state index in [0.717, 1.165) is 12.8 Å². The largest absolute Gasteiger partial charge is 0.417 e. The van der Waals surface area contributed by atoms with Crippen LogP contribution in [0.4, 0.5) is 18.9 Å². The number of pyridine rings is 1. The number of anilines is 1. The lowest BCUT2D eigenvalue weighted by Crippen LogP contribution is -2.30. The summed E-state index contributed by atoms with van der Waals surface area (Å²) in [6.45, 7) is 2.04. The highest BCUT2D eigenvalue weighted by Crippen LogP contribution is 2.31. The number of hydrogen-bond donors (Lipinski definition) is 2. The van der Waals surface area contributed by atoms with Gasteiger partial charge >= 0.3 is 6.18 Å². The van der Waals surface area contributed by atoms with Gasteiger partial charge in [-0.15, -0.1) is 0 Å². The Bertz CT molecular complexity index is 580. The van der Waals surface area contributed by atoms with Crippen LogP contribution in [0.3, 0.4) is 0 Å². The maximum Gasteiger partial charge on any atom is 0.417 e. The predicted molar refractivity (Wildman–Crippen MR) is 71.8 cm³/mol. The molecule has 1 amide bonds. The van der Waals surface area contributed by atoms with E-state index in [1.165, 1.54) is 0 Å². The zero-order chi connectivity index (χ0) is 15.6. The number of H-pyrrole nitrogens is 1. The third-order valence-electron chi connectivity index (χ3n) is 3.80. The summed E-state index contributed by atoms with van der Waals surface area (Å²) in [6, 6.07) is 0.670. The fourth-order valence-electron chi connectivity index (χ4n) is 2.65. The molecule has 1 heterocycles. The van der Waals surface area contributed by atoms with E-state index in [4.69, 9.17) is 0 Å². The molecule has 0 aliphatic heterocycles. The normalized spacial score (nSPS) is 22.9. The van der Waals surface area contributed by atoms with Gasteiger partial charge in [0, 0.05) is 12.1 Å². The van der Waals surface area contributed by atoms with Gasteiger partial charge < -0.3 is 10.3 Å². The second-order valence-electron chi connectivity index (χ2n) is 5.59. The molecule has 0 spiro atoms. The topological polar surface area (TPSA) is 62.0 Å². The van der Waals surface area contributed by atoms with Crippen LogP contribution in [-0.4, -0.2) is 10.9 Å². The minimum Gasteiger partial charge on any atom is -0.327 e. The number of carbonyl (C=O) groups excluding carboxylic acids is 1. The Hall–Kier alpha value is -1.79. The standard InChI is InChI=1S/C14H17F3N2O2/c1-8-3-2-4-9(5-8)12(20)19-11-6-10(14(15,16)17)7-18-13(11)21/h6-9H,2-5H2,1H3,(H,18,21)(H,19,20)/t8-,9-/m0/s1. The van der Waals surface area contributed by atoms with Crippen LogP contribution in [0.1, 0.15) is 38.2 Å². The molecular weight excluding hydrogens is 285 g/mol. The highest BCUT2D eigenvalue weighted by molar-refractivity contribution is 5.92. The summed E-state index contributed by atoms with van der Waals surface area (Å²) >= 11 is 0. The third-order valence-corrected chi connectivity index (χ3v) is 3.80. The van der Waals surface area contributed by atoms with E-state index >= 15 is 0 Å². The second kappa shape index (κ2) is 5.91. The number of aromatic amines is 1. The van der Waals surface area contributed by atoms with E-state index < -0.39 is 17.3 Å². The molecule has 0 aromatic carbocycles. The summed E-state index contributed by atoms with van der Waals surface area (Å²) in [5, 5.41) is 2.33. The molecule has 116 valence electrons. The molecule has 1 fully saturated rings. The Morgan fingerprint density at radius 1 is 1.38 bits per heavy atom. The van der Waals surface area contributed by atoms with Gasteiger partial charge in [-0.25, -0.2) is 0 Å². The lowest BCUT2D eigenvalue weighted by molar-refractivity contribution is -0.137. The number of hydrogen-bond acceptors (Lipinski definition) is 2. The lowest BCUT2D eigenvalue weighted by atomic mass is 9.82. The molecule has 1 saturated carbocycles. The number of carbonyl (C=O) groups is 1. The fraction of sp³-hybridized carbons (Fsp3) is 0.571. The molecule has 1 aromatic rings. The van der Waals surface area contributed by atoms with Gasteiger partial charge in [-0.05, 0) is 24.8 Å². The van der Waals surface area contributed by atoms with E-state index in [2.05, 4.69) is 5.32 Å². The highest BCUT2D eigenvalue weighted by Gasteiger charge is 2.32. The zero-order valence-corrected chi connectivity index (χ0v) is 11.6. The molecule has 21 heavy (non-hydrogen) atoms. The van der Waals surface area contributed by atoms with Crippen molar-refractivity contribution in [1.29, 1.82) is 0 Å². The molecule has 2 atom stereocenters. The van der Waals surface area contributed by atoms with Crippen molar-refractivity contribution >= 4 is 11.6 Å². The van der Waals surface area contributed by atoms with Crippen LogP contribution in [0.5, 0.6) is 0 Å². The van der Waals surface area contributed by atoms with Crippen LogP contribution < -0.4 is 10.9 Å². The van der Waals surface area contributed by atoms with Gasteiger partial charge in [0.1, 0.15) is 5.69 Å². The van der Waals surface area contributed by atoms with Gasteiger partial charge in [0.25, 0.3) is 5.56 Å². The molecule has 1 aliphatic rings. The van der Waals surface area contributed by atoms with Gasteiger partial charge in [-0.1, -0.05) is 19.8 Å². The van der Waals surface area contributed by atoms with Crippen molar-refractivity contribution in [3.8, 4) is 0 Å². The molecule has 2 N–H and O–H groups in total. The first kappa shape index (κ1) is 15.6. The van der Waals surface area contributed by atoms with Crippen molar-refractivity contribution in [2.24, 2.45) is 11.8 Å². The van der Waals surface area contributed by atoms with Crippen LogP contribution in [0.2, 0.25) is 0 Å². The van der Waals surface area contributed by atoms with Crippen molar-refractivity contribution in [2.75, 3.05) is 5.32 Å². The maximum absolute atomic E-state index is 12.6. The number of nitrogens with one attached hydrogen (secondary N) is 2. The van der Waals surface area contributed by atoms with Crippen molar-refractivity contribution in [1.82, 2.24) is 4.98 Å². The summed E-state index contributed by atoms with van der Waals surface area (Å²) in [5.41, 5.74) is -2.08. The first-order valence-corrected chi connectivity index (χ1v) is 6.88. The average Bonchev–Trinajstić information content (AvgIpc) is 2.40. The summed E-state index contributed by atoms with van der Waals surface area (Å²) in [6.07, 6.45) is -0.606. The van der Waals surface area contributed by atoms with Gasteiger partial charge in [0.15, 0.2) is 0 Å². The second-order valence-corrected chi connectivity index (χ2v) is 5.59. The predicted octanol–water partition coefficient (Wildman–Crippen LogP) is 3.16. The summed E-state index contributed by atoms with van der Waals surface area (Å²) in [4.78, 5) is 25.6. The minimum atomic E-state index is -4.57. The van der Waals surface area contributed by atoms with Crippen molar-refractivity contribution in [3.63, 3.8) is 0 Å². The quantitative estimate of drug-likeness (QED) is 0.881. The number of rotatable bonds is 2. The maximum atomic E-state index is 12.6. The van der Waals surface area contributed by atoms with E-state index in [1.54, 1.807) is 0 Å². The number of aromatic nitrogens is 1. The Kier molecular flexibility index (Phi) is 4.39. The van der Waals surface area contributed by atoms with Crippen molar-refractivity contribution in [2.45, 2.75) is 38.8 Å². The van der Waals surface area contributed by atoms with Crippen LogP contribution >= 0.6 is 0 Å². The Balaban J connectivity index is 2.15. The van der Waals surface area contributed by atoms with Crippen LogP contribution in [0.15, 0.2) is 17.1 Å². The molecule has 1 aliphatic carbocycles. The summed E-state index contributed by atoms with van der Waals surface area (Å²) < 4.78 is 37.8. The van der Waals surface area contributed by atoms with Crippen molar-refractivity contribution in [3.05, 3.63) is 28.2 Å². The molecule has 0 bridgehead atoms. The number of halogens is 3. The molecule has 0 saturated heterocycles. The van der Waals surface area contributed by atoms with Crippen LogP contribution in [0, 0.1) is 11.8 Å². The zero-order valence-electron chi connectivity index (χ0n) is 11.6. The highest BCUT2D eigenvalue weighted by atomic mass is 19.4. The van der Waals surface area contributed by atoms with E-state index in [9.17, 15) is 22.8 Å². The summed E-state index contributed by atoms with van der Waals surface area (Å²) in [5.74, 6) is -0.219. The number of amides is 1. The van der Waals surface area contributed by atoms with Gasteiger partial charge in [-0.2, -0.15) is 13.2 Å². The Morgan fingerprint density at radius 3 is 2.71 bits per heavy atom. The van der Waals surface area contributed by atoms with Gasteiger partial charge in [0.2, 0.25) is 5.91 Å². The molecule has 0 radical (unpaired) electrons. The fourth-order valence-corrected chi connectivity index (χ4v) is 2.65. The van der Waals surface area contributed by atoms with Crippen molar-refractivity contribution < 1.29 is 18.0 Å². The SMILES string of the molecule is C[C@H]1CCC[C@H](C(=O)Nc2cc(C(F)(F)F)c[nH]c2=O)C1. The molecular formula is C14H17F3N2O2. The first-order chi connectivity index (χ1) is 9.77. The third kappa shape index (κ3) is 3.86. The smallest absolute Gasteiger partial charge is 0.327 e. The molecule has 1 aromatic heterocycles. The Labute approximate surface area is 119 Å². The number of alkyl halides is 3. The average molecular weight is 302 g/mol. The monoisotopic (exact) mass is 302 g/mol. The summed E-state index contributed by atoms with van der Waals surface area (Å²) in [7, 11) is 0. The van der Waals surface area contributed by atoms with Crippen LogP contribution in [0.25, 0.3) is 0 Å². The van der Waals surface area contributed by atoms with Gasteiger partial charge in [-0.3, -0.25) is 9.59 Å². The van der Waals surface area contributed by atoms with E-state index in [-0.39, 0.29) is 17.5 Å². The van der Waals surface area contributed by atoms with Gasteiger partial charge in [0.05, 0.1) is 5.56 Å². The molecule has 4 nitrogen and oxygen atoms in total. The molecule has 7 heteroatoms. The van der Waals surface area contributed by atoms with E-state index in [0.29, 0.717) is 31.0 Å². The van der Waals surface area contributed by atoms with Crippen LogP contribution in [-0.2, 0) is 11.0 Å². The molecule has 2 rings (SSSR count). The van der Waals surface area contributed by atoms with E-state index in [1.807, 2.05) is 11.9 Å². The Morgan fingerprint density at radius 2 is 2.10 bits per heavy atom. The lowest BCUT2D eigenvalue weighted by Gasteiger charge is -2.25. The molecule has 0 unspecified atom stereocenters. The first-order valence-electron chi connectivity index (χ1n) is 6.88. The minimum absolute atomic E-state index is 0.248.